The largest absolute Gasteiger partial charge is 0.501 e. The molecular formula is C28H42F2N6O3. The highest BCUT2D eigenvalue weighted by Gasteiger charge is 2.17. The number of nitrogens with zero attached hydrogens (tertiary/aromatic N) is 4. The molecule has 39 heavy (non-hydrogen) atoms. The van der Waals surface area contributed by atoms with Crippen LogP contribution in [0.1, 0.15) is 52.0 Å². The molecule has 4 N–H and O–H groups in total. The molecule has 9 nitrogen and oxygen atoms in total. The Balaban J connectivity index is 0.00000391. The Labute approximate surface area is 231 Å². The average molecular weight is 549 g/mol. The zero-order valence-electron chi connectivity index (χ0n) is 23.2. The fourth-order valence-corrected chi connectivity index (χ4v) is 3.70. The van der Waals surface area contributed by atoms with E-state index < -0.39 is 24.3 Å². The van der Waals surface area contributed by atoms with Crippen LogP contribution in [0.2, 0.25) is 0 Å². The third-order valence-electron chi connectivity index (χ3n) is 6.00. The van der Waals surface area contributed by atoms with Crippen molar-refractivity contribution < 1.29 is 26.3 Å². The van der Waals surface area contributed by atoms with Gasteiger partial charge in [0, 0.05) is 28.2 Å². The summed E-state index contributed by atoms with van der Waals surface area (Å²) in [6.45, 7) is 13.1. The van der Waals surface area contributed by atoms with Crippen LogP contribution in [0, 0.1) is 12.7 Å². The van der Waals surface area contributed by atoms with E-state index in [-0.39, 0.29) is 25.9 Å². The number of amides is 1. The minimum absolute atomic E-state index is 0. The van der Waals surface area contributed by atoms with Crippen molar-refractivity contribution in [2.75, 3.05) is 44.0 Å². The van der Waals surface area contributed by atoms with E-state index in [1.165, 1.54) is 12.1 Å². The van der Waals surface area contributed by atoms with Gasteiger partial charge in [0.2, 0.25) is 5.75 Å². The lowest BCUT2D eigenvalue weighted by Crippen LogP contribution is -2.34. The summed E-state index contributed by atoms with van der Waals surface area (Å²) in [5.74, 6) is -2.24. The summed E-state index contributed by atoms with van der Waals surface area (Å²) in [6.07, 6.45) is 1.10. The average Bonchev–Trinajstić information content (AvgIpc) is 2.94. The maximum Gasteiger partial charge on any atom is 0.267 e. The van der Waals surface area contributed by atoms with Gasteiger partial charge in [-0.15, -0.1) is 0 Å². The van der Waals surface area contributed by atoms with Crippen molar-refractivity contribution in [2.24, 2.45) is 0 Å². The number of hydrogen-bond acceptors (Lipinski definition) is 8. The number of nitrogens with one attached hydrogen (secondary N) is 1. The molecular weight excluding hydrogens is 506 g/mol. The molecule has 3 aromatic rings. The lowest BCUT2D eigenvalue weighted by molar-refractivity contribution is 0.102. The van der Waals surface area contributed by atoms with Crippen LogP contribution in [0.25, 0.3) is 0 Å². The predicted octanol–water partition coefficient (Wildman–Crippen LogP) is 5.85. The molecule has 2 aromatic carbocycles. The molecule has 0 saturated carbocycles. The highest BCUT2D eigenvalue weighted by atomic mass is 19.1. The topological polar surface area (TPSA) is 117 Å². The maximum absolute atomic E-state index is 14.5. The molecule has 1 amide bonds. The fourth-order valence-electron chi connectivity index (χ4n) is 3.70. The van der Waals surface area contributed by atoms with Gasteiger partial charge in [0.1, 0.15) is 24.7 Å². The van der Waals surface area contributed by atoms with E-state index in [0.717, 1.165) is 43.2 Å². The van der Waals surface area contributed by atoms with Crippen molar-refractivity contribution in [3.8, 4) is 17.4 Å². The third-order valence-corrected chi connectivity index (χ3v) is 6.00. The summed E-state index contributed by atoms with van der Waals surface area (Å²) < 4.78 is 33.5. The van der Waals surface area contributed by atoms with E-state index >= 15 is 0 Å². The number of carbonyl (C=O) groups is 1. The highest BCUT2D eigenvalue weighted by molar-refractivity contribution is 6.04. The summed E-state index contributed by atoms with van der Waals surface area (Å²) in [7, 11) is 0. The fraction of sp³-hybridized carbons (Fsp3) is 0.393. The molecule has 0 bridgehead atoms. The Morgan fingerprint density at radius 1 is 1.10 bits per heavy atom. The number of rotatable bonds is 12. The molecule has 0 atom stereocenters. The van der Waals surface area contributed by atoms with Gasteiger partial charge in [-0.05, 0) is 61.5 Å². The van der Waals surface area contributed by atoms with Gasteiger partial charge in [0.15, 0.2) is 5.82 Å². The number of aromatic hydroxyl groups is 1. The molecule has 0 fully saturated rings. The zero-order chi connectivity index (χ0) is 28.9. The van der Waals surface area contributed by atoms with E-state index in [9.17, 15) is 18.7 Å². The van der Waals surface area contributed by atoms with Crippen molar-refractivity contribution >= 4 is 17.4 Å². The number of halogens is 2. The molecule has 0 aliphatic carbocycles. The van der Waals surface area contributed by atoms with Gasteiger partial charge in [-0.25, -0.2) is 13.8 Å². The molecule has 3 rings (SSSR count). The summed E-state index contributed by atoms with van der Waals surface area (Å²) in [5.41, 5.74) is 7.53. The summed E-state index contributed by atoms with van der Waals surface area (Å²) in [4.78, 5) is 24.2. The highest BCUT2D eigenvalue weighted by Crippen LogP contribution is 2.32. The maximum atomic E-state index is 14.5. The first-order valence-corrected chi connectivity index (χ1v) is 12.9. The van der Waals surface area contributed by atoms with Gasteiger partial charge in [0.25, 0.3) is 11.8 Å². The van der Waals surface area contributed by atoms with Crippen LogP contribution in [0.15, 0.2) is 42.7 Å². The Morgan fingerprint density at radius 2 is 1.79 bits per heavy atom. The number of nitrogen functional groups attached to an aromatic ring is 1. The molecule has 0 radical (unpaired) electrons. The van der Waals surface area contributed by atoms with Gasteiger partial charge in [-0.2, -0.15) is 4.98 Å². The number of carbonyl (C=O) groups excluding carboxylic acids is 1. The van der Waals surface area contributed by atoms with Crippen molar-refractivity contribution in [2.45, 2.75) is 41.2 Å². The normalized spacial score (nSPS) is 10.8. The number of aromatic nitrogens is 2. The van der Waals surface area contributed by atoms with Crippen LogP contribution < -0.4 is 15.8 Å². The van der Waals surface area contributed by atoms with Gasteiger partial charge >= 0.3 is 0 Å². The summed E-state index contributed by atoms with van der Waals surface area (Å²) >= 11 is 0. The van der Waals surface area contributed by atoms with Crippen LogP contribution in [0.5, 0.6) is 17.4 Å². The molecule has 0 spiro atoms. The Kier molecular flexibility index (Phi) is 12.5. The quantitative estimate of drug-likeness (QED) is 0.242. The SMILES string of the molecule is CC.CCN(CC)CCN(CF)Cc1ccc(NC(=O)c2cc(Oc3ncnc(N)c3O)ccc2F)cc1C.[HH].[HH]. The summed E-state index contributed by atoms with van der Waals surface area (Å²) in [5, 5.41) is 12.6. The van der Waals surface area contributed by atoms with E-state index in [1.807, 2.05) is 26.8 Å². The van der Waals surface area contributed by atoms with Crippen molar-refractivity contribution in [1.29, 1.82) is 0 Å². The molecule has 0 aliphatic heterocycles. The van der Waals surface area contributed by atoms with Gasteiger partial charge in [-0.3, -0.25) is 9.69 Å². The van der Waals surface area contributed by atoms with Crippen LogP contribution >= 0.6 is 0 Å². The van der Waals surface area contributed by atoms with E-state index in [2.05, 4.69) is 34.0 Å². The van der Waals surface area contributed by atoms with E-state index in [4.69, 9.17) is 10.5 Å². The standard InChI is InChI=1S/C26H32F2N6O3.C2H6.2H2/c1-4-33(5-2)10-11-34(15-27)14-18-6-7-19(12-17(18)3)32-25(36)21-13-20(8-9-22(21)28)37-26-23(35)24(29)30-16-31-26;1-2;;/h6-9,12-13,16,35H,4-5,10-11,14-15H2,1-3H3,(H,32,36)(H2,29,30,31);1-2H3;2*1H. The van der Waals surface area contributed by atoms with Crippen molar-refractivity contribution in [3.05, 3.63) is 65.2 Å². The molecule has 1 heterocycles. The second-order valence-electron chi connectivity index (χ2n) is 8.45. The van der Waals surface area contributed by atoms with Gasteiger partial charge in [0.05, 0.1) is 5.56 Å². The van der Waals surface area contributed by atoms with Gasteiger partial charge < -0.3 is 25.8 Å². The van der Waals surface area contributed by atoms with E-state index in [1.54, 1.807) is 17.0 Å². The van der Waals surface area contributed by atoms with E-state index in [0.29, 0.717) is 18.8 Å². The monoisotopic (exact) mass is 548 g/mol. The van der Waals surface area contributed by atoms with Crippen LogP contribution in [-0.4, -0.2) is 63.8 Å². The number of ether oxygens (including phenoxy) is 1. The Hall–Kier alpha value is -3.83. The second-order valence-corrected chi connectivity index (χ2v) is 8.45. The van der Waals surface area contributed by atoms with Gasteiger partial charge in [-0.1, -0.05) is 33.8 Å². The Bertz CT molecular complexity index is 1240. The molecule has 0 aliphatic rings. The number of anilines is 2. The number of alkyl halides is 1. The first-order valence-electron chi connectivity index (χ1n) is 12.9. The summed E-state index contributed by atoms with van der Waals surface area (Å²) in [6, 6.07) is 8.83. The minimum Gasteiger partial charge on any atom is -0.501 e. The number of hydrogen-bond donors (Lipinski definition) is 3. The number of aryl methyl sites for hydroxylation is 1. The first-order chi connectivity index (χ1) is 18.7. The lowest BCUT2D eigenvalue weighted by atomic mass is 10.1. The molecule has 0 saturated heterocycles. The predicted molar refractivity (Wildman–Crippen MR) is 153 cm³/mol. The van der Waals surface area contributed by atoms with Crippen molar-refractivity contribution in [1.82, 2.24) is 19.8 Å². The Morgan fingerprint density at radius 3 is 2.44 bits per heavy atom. The first kappa shape index (κ1) is 31.4. The molecule has 0 unspecified atom stereocenters. The lowest BCUT2D eigenvalue weighted by Gasteiger charge is -2.24. The number of likely N-dealkylation sites (N-methyl/N-ethyl adjacent to an activating group) is 1. The van der Waals surface area contributed by atoms with Crippen LogP contribution in [0.3, 0.4) is 0 Å². The molecule has 11 heteroatoms. The second kappa shape index (κ2) is 15.6. The number of nitrogens with two attached hydrogens (primary N) is 1. The minimum atomic E-state index is -0.753. The van der Waals surface area contributed by atoms with Crippen molar-refractivity contribution in [3.63, 3.8) is 0 Å². The molecule has 1 aromatic heterocycles. The smallest absolute Gasteiger partial charge is 0.267 e. The van der Waals surface area contributed by atoms with Crippen LogP contribution in [0.4, 0.5) is 20.3 Å². The van der Waals surface area contributed by atoms with Crippen LogP contribution in [-0.2, 0) is 6.54 Å². The third kappa shape index (κ3) is 8.86. The number of benzene rings is 2. The zero-order valence-corrected chi connectivity index (χ0v) is 23.2. The molecule has 216 valence electrons.